The molecule has 0 heterocycles. The molecule has 1 atom stereocenters. The molecule has 5 nitrogen and oxygen atoms in total. The molecule has 6 heteroatoms. The predicted molar refractivity (Wildman–Crippen MR) is 91.7 cm³/mol. The van der Waals surface area contributed by atoms with Gasteiger partial charge in [-0.1, -0.05) is 32.0 Å². The van der Waals surface area contributed by atoms with Gasteiger partial charge in [0.25, 0.3) is 0 Å². The minimum atomic E-state index is -3.66. The molecule has 2 rings (SSSR count). The van der Waals surface area contributed by atoms with Gasteiger partial charge >= 0.3 is 0 Å². The molecule has 0 spiro atoms. The van der Waals surface area contributed by atoms with Gasteiger partial charge in [-0.25, -0.2) is 13.1 Å². The molecule has 0 aliphatic carbocycles. The number of rotatable bonds is 6. The van der Waals surface area contributed by atoms with Gasteiger partial charge in [-0.3, -0.25) is 0 Å². The lowest BCUT2D eigenvalue weighted by molar-refractivity contribution is 0.414. The second-order valence-electron chi connectivity index (χ2n) is 5.65. The molecule has 0 bridgehead atoms. The standard InChI is InChI=1S/C17H22N2O3S/c1-12(2)17(15-6-4-5-7-16(15)18)19-23(20,21)14-10-8-13(22-3)9-11-14/h4-12,17,19H,18H2,1-3H3/t17-/m0/s1. The van der Waals surface area contributed by atoms with Crippen LogP contribution in [0.15, 0.2) is 53.4 Å². The summed E-state index contributed by atoms with van der Waals surface area (Å²) in [5.74, 6) is 0.657. The minimum Gasteiger partial charge on any atom is -0.497 e. The molecule has 124 valence electrons. The molecule has 0 amide bonds. The largest absolute Gasteiger partial charge is 0.497 e. The number of benzene rings is 2. The van der Waals surface area contributed by atoms with Crippen LogP contribution in [0, 0.1) is 5.92 Å². The van der Waals surface area contributed by atoms with E-state index in [9.17, 15) is 8.42 Å². The van der Waals surface area contributed by atoms with Gasteiger partial charge in [0, 0.05) is 5.69 Å². The van der Waals surface area contributed by atoms with E-state index in [-0.39, 0.29) is 10.8 Å². The van der Waals surface area contributed by atoms with Crippen LogP contribution >= 0.6 is 0 Å². The molecule has 3 N–H and O–H groups in total. The van der Waals surface area contributed by atoms with Crippen molar-refractivity contribution in [1.82, 2.24) is 4.72 Å². The van der Waals surface area contributed by atoms with Crippen molar-refractivity contribution < 1.29 is 13.2 Å². The second kappa shape index (κ2) is 7.02. The maximum Gasteiger partial charge on any atom is 0.241 e. The monoisotopic (exact) mass is 334 g/mol. The molecule has 0 fully saturated rings. The number of nitrogens with one attached hydrogen (secondary N) is 1. The van der Waals surface area contributed by atoms with Crippen LogP contribution in [0.4, 0.5) is 5.69 Å². The third-order valence-electron chi connectivity index (χ3n) is 3.65. The van der Waals surface area contributed by atoms with Gasteiger partial charge in [-0.2, -0.15) is 0 Å². The van der Waals surface area contributed by atoms with Crippen LogP contribution in [0.5, 0.6) is 5.75 Å². The molecule has 0 aliphatic heterocycles. The molecule has 0 aliphatic rings. The SMILES string of the molecule is COc1ccc(S(=O)(=O)N[C@H](c2ccccc2N)C(C)C)cc1. The molecule has 2 aromatic carbocycles. The fourth-order valence-corrected chi connectivity index (χ4v) is 3.71. The maximum atomic E-state index is 12.6. The molecule has 2 aromatic rings. The summed E-state index contributed by atoms with van der Waals surface area (Å²) in [4.78, 5) is 0.193. The van der Waals surface area contributed by atoms with Crippen molar-refractivity contribution in [1.29, 1.82) is 0 Å². The Morgan fingerprint density at radius 2 is 1.65 bits per heavy atom. The smallest absolute Gasteiger partial charge is 0.241 e. The summed E-state index contributed by atoms with van der Waals surface area (Å²) >= 11 is 0. The van der Waals surface area contributed by atoms with Gasteiger partial charge in [0.1, 0.15) is 5.75 Å². The van der Waals surface area contributed by atoms with Crippen molar-refractivity contribution in [2.24, 2.45) is 5.92 Å². The van der Waals surface area contributed by atoms with E-state index >= 15 is 0 Å². The number of methoxy groups -OCH3 is 1. The highest BCUT2D eigenvalue weighted by Gasteiger charge is 2.25. The van der Waals surface area contributed by atoms with E-state index in [1.807, 2.05) is 32.0 Å². The van der Waals surface area contributed by atoms with Crippen LogP contribution in [0.1, 0.15) is 25.5 Å². The third-order valence-corrected chi connectivity index (χ3v) is 5.11. The molecule has 0 saturated carbocycles. The number of anilines is 1. The first-order chi connectivity index (χ1) is 10.8. The third kappa shape index (κ3) is 4.03. The zero-order valence-electron chi connectivity index (χ0n) is 13.5. The number of para-hydroxylation sites is 1. The van der Waals surface area contributed by atoms with Crippen LogP contribution in [-0.2, 0) is 10.0 Å². The first-order valence-electron chi connectivity index (χ1n) is 7.36. The van der Waals surface area contributed by atoms with E-state index in [0.29, 0.717) is 11.4 Å². The lowest BCUT2D eigenvalue weighted by Crippen LogP contribution is -2.32. The van der Waals surface area contributed by atoms with E-state index in [1.54, 1.807) is 18.2 Å². The Balaban J connectivity index is 2.33. The van der Waals surface area contributed by atoms with Crippen LogP contribution < -0.4 is 15.2 Å². The number of ether oxygens (including phenoxy) is 1. The summed E-state index contributed by atoms with van der Waals surface area (Å²) in [7, 11) is -2.12. The van der Waals surface area contributed by atoms with E-state index < -0.39 is 16.1 Å². The number of nitrogen functional groups attached to an aromatic ring is 1. The van der Waals surface area contributed by atoms with Crippen LogP contribution in [0.2, 0.25) is 0 Å². The molecular formula is C17H22N2O3S. The van der Waals surface area contributed by atoms with Gasteiger partial charge < -0.3 is 10.5 Å². The summed E-state index contributed by atoms with van der Waals surface area (Å²) in [6, 6.07) is 13.2. The zero-order valence-corrected chi connectivity index (χ0v) is 14.3. The van der Waals surface area contributed by atoms with Gasteiger partial charge in [0.05, 0.1) is 18.0 Å². The Kier molecular flexibility index (Phi) is 5.28. The second-order valence-corrected chi connectivity index (χ2v) is 7.36. The van der Waals surface area contributed by atoms with E-state index in [0.717, 1.165) is 5.56 Å². The summed E-state index contributed by atoms with van der Waals surface area (Å²) in [5.41, 5.74) is 7.35. The number of nitrogens with two attached hydrogens (primary N) is 1. The molecular weight excluding hydrogens is 312 g/mol. The van der Waals surface area contributed by atoms with Crippen molar-refractivity contribution >= 4 is 15.7 Å². The van der Waals surface area contributed by atoms with Crippen LogP contribution in [0.3, 0.4) is 0 Å². The number of hydrogen-bond donors (Lipinski definition) is 2. The predicted octanol–water partition coefficient (Wildman–Crippen LogP) is 2.95. The van der Waals surface area contributed by atoms with Crippen molar-refractivity contribution in [3.63, 3.8) is 0 Å². The van der Waals surface area contributed by atoms with Crippen LogP contribution in [0.25, 0.3) is 0 Å². The molecule has 0 saturated heterocycles. The Bertz CT molecular complexity index is 756. The molecule has 0 radical (unpaired) electrons. The average Bonchev–Trinajstić information content (AvgIpc) is 2.53. The summed E-state index contributed by atoms with van der Waals surface area (Å²) < 4.78 is 33.1. The highest BCUT2D eigenvalue weighted by molar-refractivity contribution is 7.89. The van der Waals surface area contributed by atoms with Gasteiger partial charge in [0.15, 0.2) is 0 Å². The van der Waals surface area contributed by atoms with Gasteiger partial charge in [-0.15, -0.1) is 0 Å². The van der Waals surface area contributed by atoms with Gasteiger partial charge in [-0.05, 0) is 41.8 Å². The van der Waals surface area contributed by atoms with Crippen molar-refractivity contribution in [2.45, 2.75) is 24.8 Å². The topological polar surface area (TPSA) is 81.4 Å². The molecule has 0 aromatic heterocycles. The number of hydrogen-bond acceptors (Lipinski definition) is 4. The fraction of sp³-hybridized carbons (Fsp3) is 0.294. The van der Waals surface area contributed by atoms with Crippen molar-refractivity contribution in [2.75, 3.05) is 12.8 Å². The van der Waals surface area contributed by atoms with Gasteiger partial charge in [0.2, 0.25) is 10.0 Å². The highest BCUT2D eigenvalue weighted by Crippen LogP contribution is 2.28. The molecule has 23 heavy (non-hydrogen) atoms. The van der Waals surface area contributed by atoms with Crippen molar-refractivity contribution in [3.8, 4) is 5.75 Å². The van der Waals surface area contributed by atoms with Crippen LogP contribution in [-0.4, -0.2) is 15.5 Å². The Labute approximate surface area is 137 Å². The van der Waals surface area contributed by atoms with E-state index in [1.165, 1.54) is 19.2 Å². The maximum absolute atomic E-state index is 12.6. The lowest BCUT2D eigenvalue weighted by atomic mass is 9.96. The fourth-order valence-electron chi connectivity index (χ4n) is 2.34. The lowest BCUT2D eigenvalue weighted by Gasteiger charge is -2.24. The minimum absolute atomic E-state index is 0.0488. The summed E-state index contributed by atoms with van der Waals surface area (Å²) in [6.07, 6.45) is 0. The van der Waals surface area contributed by atoms with E-state index in [4.69, 9.17) is 10.5 Å². The first-order valence-corrected chi connectivity index (χ1v) is 8.84. The Hall–Kier alpha value is -2.05. The Morgan fingerprint density at radius 3 is 2.17 bits per heavy atom. The number of sulfonamides is 1. The molecule has 0 unspecified atom stereocenters. The Morgan fingerprint density at radius 1 is 1.04 bits per heavy atom. The zero-order chi connectivity index (χ0) is 17.0. The normalized spacial score (nSPS) is 13.0. The first kappa shape index (κ1) is 17.3. The summed E-state index contributed by atoms with van der Waals surface area (Å²) in [5, 5.41) is 0. The van der Waals surface area contributed by atoms with E-state index in [2.05, 4.69) is 4.72 Å². The average molecular weight is 334 g/mol. The quantitative estimate of drug-likeness (QED) is 0.796. The highest BCUT2D eigenvalue weighted by atomic mass is 32.2. The van der Waals surface area contributed by atoms with Crippen molar-refractivity contribution in [3.05, 3.63) is 54.1 Å². The summed E-state index contributed by atoms with van der Waals surface area (Å²) in [6.45, 7) is 3.90.